The standard InChI is InChI=1S/C25H34N2O4S/c1-30-22-14-10-21(11-15-22)27-17-16-24(26-32(2,28)29)25(27)18-31-23-12-8-20(9-13-23)19-6-4-3-5-7-19/h3-7,10-11,14-15,20,23-26H,8-9,12-13,16-18H2,1-2H3/t20?,23?,24-,25?/m0/s1. The Morgan fingerprint density at radius 1 is 0.969 bits per heavy atom. The Hall–Kier alpha value is -2.09. The predicted octanol–water partition coefficient (Wildman–Crippen LogP) is 3.93. The minimum absolute atomic E-state index is 0.0371. The number of nitrogens with one attached hydrogen (secondary N) is 1. The van der Waals surface area contributed by atoms with Crippen molar-refractivity contribution in [3.05, 3.63) is 60.2 Å². The van der Waals surface area contributed by atoms with Gasteiger partial charge >= 0.3 is 0 Å². The molecule has 2 aliphatic rings. The van der Waals surface area contributed by atoms with Crippen LogP contribution in [0.2, 0.25) is 0 Å². The van der Waals surface area contributed by atoms with Gasteiger partial charge in [0.25, 0.3) is 0 Å². The highest BCUT2D eigenvalue weighted by Gasteiger charge is 2.37. The van der Waals surface area contributed by atoms with E-state index >= 15 is 0 Å². The van der Waals surface area contributed by atoms with Gasteiger partial charge in [0.1, 0.15) is 5.75 Å². The van der Waals surface area contributed by atoms with Crippen LogP contribution in [0.3, 0.4) is 0 Å². The van der Waals surface area contributed by atoms with Crippen molar-refractivity contribution in [2.45, 2.75) is 56.2 Å². The summed E-state index contributed by atoms with van der Waals surface area (Å²) < 4.78 is 38.4. The second-order valence-electron chi connectivity index (χ2n) is 8.96. The summed E-state index contributed by atoms with van der Waals surface area (Å²) in [7, 11) is -1.64. The van der Waals surface area contributed by atoms with Gasteiger partial charge in [-0.25, -0.2) is 13.1 Å². The zero-order valence-corrected chi connectivity index (χ0v) is 19.8. The average molecular weight is 459 g/mol. The summed E-state index contributed by atoms with van der Waals surface area (Å²) in [6.07, 6.45) is 6.56. The molecule has 2 atom stereocenters. The number of nitrogens with zero attached hydrogens (tertiary/aromatic N) is 1. The van der Waals surface area contributed by atoms with E-state index in [0.717, 1.165) is 50.1 Å². The van der Waals surface area contributed by atoms with Crippen LogP contribution in [0.1, 0.15) is 43.6 Å². The summed E-state index contributed by atoms with van der Waals surface area (Å²) in [5.74, 6) is 1.42. The van der Waals surface area contributed by atoms with Crippen LogP contribution in [0.5, 0.6) is 5.75 Å². The molecule has 174 valence electrons. The van der Waals surface area contributed by atoms with Crippen molar-refractivity contribution < 1.29 is 17.9 Å². The summed E-state index contributed by atoms with van der Waals surface area (Å²) in [6.45, 7) is 1.30. The third-order valence-electron chi connectivity index (χ3n) is 6.76. The fraction of sp³-hybridized carbons (Fsp3) is 0.520. The molecule has 6 nitrogen and oxygen atoms in total. The van der Waals surface area contributed by atoms with E-state index in [2.05, 4.69) is 40.0 Å². The van der Waals surface area contributed by atoms with Gasteiger partial charge in [-0.15, -0.1) is 0 Å². The maximum Gasteiger partial charge on any atom is 0.209 e. The number of benzene rings is 2. The summed E-state index contributed by atoms with van der Waals surface area (Å²) in [4.78, 5) is 2.26. The molecule has 7 heteroatoms. The molecule has 0 spiro atoms. The lowest BCUT2D eigenvalue weighted by Gasteiger charge is -2.33. The number of hydrogen-bond donors (Lipinski definition) is 1. The molecule has 1 aliphatic carbocycles. The molecule has 2 aromatic rings. The van der Waals surface area contributed by atoms with Gasteiger partial charge in [0.2, 0.25) is 10.0 Å². The first-order valence-corrected chi connectivity index (χ1v) is 13.4. The number of sulfonamides is 1. The van der Waals surface area contributed by atoms with Crippen LogP contribution < -0.4 is 14.4 Å². The minimum Gasteiger partial charge on any atom is -0.497 e. The van der Waals surface area contributed by atoms with Gasteiger partial charge in [0.15, 0.2) is 0 Å². The Bertz CT molecular complexity index is 957. The Labute approximate surface area is 192 Å². The Kier molecular flexibility index (Phi) is 7.38. The summed E-state index contributed by atoms with van der Waals surface area (Å²) in [5, 5.41) is 0. The molecule has 0 radical (unpaired) electrons. The molecule has 32 heavy (non-hydrogen) atoms. The van der Waals surface area contributed by atoms with Crippen LogP contribution in [-0.2, 0) is 14.8 Å². The van der Waals surface area contributed by atoms with Gasteiger partial charge < -0.3 is 14.4 Å². The number of methoxy groups -OCH3 is 1. The lowest BCUT2D eigenvalue weighted by atomic mass is 9.83. The first-order chi connectivity index (χ1) is 15.4. The van der Waals surface area contributed by atoms with Crippen molar-refractivity contribution in [1.82, 2.24) is 4.72 Å². The van der Waals surface area contributed by atoms with E-state index in [-0.39, 0.29) is 18.2 Å². The third-order valence-corrected chi connectivity index (χ3v) is 7.49. The smallest absolute Gasteiger partial charge is 0.209 e. The molecule has 1 saturated carbocycles. The molecule has 1 N–H and O–H groups in total. The van der Waals surface area contributed by atoms with Gasteiger partial charge in [-0.3, -0.25) is 0 Å². The predicted molar refractivity (Wildman–Crippen MR) is 128 cm³/mol. The largest absolute Gasteiger partial charge is 0.497 e. The van der Waals surface area contributed by atoms with Gasteiger partial charge in [0.05, 0.1) is 32.1 Å². The lowest BCUT2D eigenvalue weighted by molar-refractivity contribution is 0.0157. The van der Waals surface area contributed by atoms with Crippen LogP contribution in [0, 0.1) is 0 Å². The van der Waals surface area contributed by atoms with E-state index in [1.165, 1.54) is 11.8 Å². The van der Waals surface area contributed by atoms with Crippen LogP contribution in [0.25, 0.3) is 0 Å². The lowest BCUT2D eigenvalue weighted by Crippen LogP contribution is -2.48. The first kappa shape index (κ1) is 23.1. The van der Waals surface area contributed by atoms with Crippen LogP contribution >= 0.6 is 0 Å². The second kappa shape index (κ2) is 10.2. The quantitative estimate of drug-likeness (QED) is 0.649. The van der Waals surface area contributed by atoms with Gasteiger partial charge in [-0.2, -0.15) is 0 Å². The maximum absolute atomic E-state index is 11.9. The first-order valence-electron chi connectivity index (χ1n) is 11.5. The van der Waals surface area contributed by atoms with E-state index in [1.807, 2.05) is 24.3 Å². The minimum atomic E-state index is -3.29. The number of anilines is 1. The van der Waals surface area contributed by atoms with Gasteiger partial charge in [-0.05, 0) is 67.9 Å². The molecule has 2 fully saturated rings. The van der Waals surface area contributed by atoms with E-state index in [1.54, 1.807) is 7.11 Å². The van der Waals surface area contributed by atoms with Crippen molar-refractivity contribution in [3.8, 4) is 5.75 Å². The molecule has 1 saturated heterocycles. The molecule has 0 bridgehead atoms. The zero-order valence-electron chi connectivity index (χ0n) is 18.9. The monoisotopic (exact) mass is 458 g/mol. The van der Waals surface area contributed by atoms with E-state index < -0.39 is 10.0 Å². The van der Waals surface area contributed by atoms with E-state index in [4.69, 9.17) is 9.47 Å². The van der Waals surface area contributed by atoms with Crippen molar-refractivity contribution >= 4 is 15.7 Å². The van der Waals surface area contributed by atoms with Crippen LogP contribution in [0.4, 0.5) is 5.69 Å². The van der Waals surface area contributed by atoms with Gasteiger partial charge in [0, 0.05) is 18.3 Å². The normalized spacial score (nSPS) is 26.2. The molecule has 1 aliphatic heterocycles. The number of rotatable bonds is 8. The van der Waals surface area contributed by atoms with E-state index in [9.17, 15) is 8.42 Å². The Balaban J connectivity index is 1.39. The third kappa shape index (κ3) is 5.82. The number of hydrogen-bond acceptors (Lipinski definition) is 5. The average Bonchev–Trinajstić information content (AvgIpc) is 3.19. The van der Waals surface area contributed by atoms with Crippen molar-refractivity contribution in [1.29, 1.82) is 0 Å². The van der Waals surface area contributed by atoms with Crippen molar-refractivity contribution in [3.63, 3.8) is 0 Å². The fourth-order valence-corrected chi connectivity index (χ4v) is 5.91. The second-order valence-corrected chi connectivity index (χ2v) is 10.7. The SMILES string of the molecule is COc1ccc(N2CC[C@H](NS(C)(=O)=O)C2COC2CCC(c3ccccc3)CC2)cc1. The molecular formula is C25H34N2O4S. The summed E-state index contributed by atoms with van der Waals surface area (Å²) in [5.41, 5.74) is 2.48. The molecular weight excluding hydrogens is 424 g/mol. The van der Waals surface area contributed by atoms with Gasteiger partial charge in [-0.1, -0.05) is 30.3 Å². The summed E-state index contributed by atoms with van der Waals surface area (Å²) >= 11 is 0. The zero-order chi connectivity index (χ0) is 22.6. The Morgan fingerprint density at radius 2 is 1.66 bits per heavy atom. The van der Waals surface area contributed by atoms with Crippen LogP contribution in [-0.4, -0.2) is 53.1 Å². The highest BCUT2D eigenvalue weighted by molar-refractivity contribution is 7.88. The maximum atomic E-state index is 11.9. The molecule has 0 amide bonds. The fourth-order valence-electron chi connectivity index (χ4n) is 5.09. The Morgan fingerprint density at radius 3 is 2.28 bits per heavy atom. The number of ether oxygens (including phenoxy) is 2. The molecule has 1 heterocycles. The molecule has 0 aromatic heterocycles. The topological polar surface area (TPSA) is 67.9 Å². The van der Waals surface area contributed by atoms with Crippen molar-refractivity contribution in [2.24, 2.45) is 0 Å². The van der Waals surface area contributed by atoms with E-state index in [0.29, 0.717) is 12.5 Å². The summed E-state index contributed by atoms with van der Waals surface area (Å²) in [6, 6.07) is 18.5. The molecule has 1 unspecified atom stereocenters. The van der Waals surface area contributed by atoms with Crippen molar-refractivity contribution in [2.75, 3.05) is 31.4 Å². The molecule has 4 rings (SSSR count). The highest BCUT2D eigenvalue weighted by Crippen LogP contribution is 2.35. The molecule has 2 aromatic carbocycles. The highest BCUT2D eigenvalue weighted by atomic mass is 32.2. The van der Waals surface area contributed by atoms with Crippen LogP contribution in [0.15, 0.2) is 54.6 Å².